The van der Waals surface area contributed by atoms with E-state index in [1.807, 2.05) is 0 Å². The molecule has 2 N–H and O–H groups in total. The summed E-state index contributed by atoms with van der Waals surface area (Å²) in [4.78, 5) is 52.4. The third-order valence-electron chi connectivity index (χ3n) is 5.86. The number of amides is 3. The molecule has 0 fully saturated rings. The lowest BCUT2D eigenvalue weighted by Gasteiger charge is -2.36. The van der Waals surface area contributed by atoms with Crippen molar-refractivity contribution in [3.05, 3.63) is 57.3 Å². The van der Waals surface area contributed by atoms with Gasteiger partial charge in [0.1, 0.15) is 23.8 Å². The quantitative estimate of drug-likeness (QED) is 0.599. The fourth-order valence-electron chi connectivity index (χ4n) is 3.98. The second-order valence-corrected chi connectivity index (χ2v) is 8.30. The van der Waals surface area contributed by atoms with Gasteiger partial charge in [-0.2, -0.15) is 0 Å². The fraction of sp³-hybridized carbons (Fsp3) is 0.391. The van der Waals surface area contributed by atoms with Gasteiger partial charge < -0.3 is 20.1 Å². The maximum absolute atomic E-state index is 13.7. The molecule has 0 atom stereocenters. The van der Waals surface area contributed by atoms with Gasteiger partial charge in [0.25, 0.3) is 11.8 Å². The lowest BCUT2D eigenvalue weighted by molar-refractivity contribution is -0.120. The van der Waals surface area contributed by atoms with Crippen LogP contribution in [0.5, 0.6) is 11.5 Å². The number of carbonyl (C=O) groups is 3. The first-order chi connectivity index (χ1) is 16.3. The molecule has 2 aromatic rings. The molecule has 1 aromatic carbocycles. The van der Waals surface area contributed by atoms with Crippen molar-refractivity contribution in [3.8, 4) is 11.5 Å². The van der Waals surface area contributed by atoms with Crippen molar-refractivity contribution >= 4 is 17.7 Å². The van der Waals surface area contributed by atoms with E-state index in [1.54, 1.807) is 0 Å². The third kappa shape index (κ3) is 4.45. The molecule has 180 valence electrons. The summed E-state index contributed by atoms with van der Waals surface area (Å²) in [5, 5.41) is 14.3. The molecule has 1 aromatic heterocycles. The van der Waals surface area contributed by atoms with Crippen LogP contribution in [0.15, 0.2) is 29.2 Å². The van der Waals surface area contributed by atoms with Crippen LogP contribution in [-0.2, 0) is 11.3 Å². The number of hydrogen-bond donors (Lipinski definition) is 2. The first kappa shape index (κ1) is 23.3. The van der Waals surface area contributed by atoms with E-state index in [2.05, 4.69) is 5.32 Å². The Morgan fingerprint density at radius 2 is 1.85 bits per heavy atom. The van der Waals surface area contributed by atoms with Crippen LogP contribution in [0.3, 0.4) is 0 Å². The van der Waals surface area contributed by atoms with Gasteiger partial charge in [0, 0.05) is 37.8 Å². The maximum Gasteiger partial charge on any atom is 0.277 e. The van der Waals surface area contributed by atoms with Gasteiger partial charge in [-0.05, 0) is 18.9 Å². The standard InChI is InChI=1S/C23H25FN4O6/c1-26-13-28-18(29)6-4-2-3-5-9-34-17-10-15(24)8-7-14(17)11-25-22(32)16-12-27(28)19(23(26)33)21(31)20(16)30/h7-8,10,12,31H,2-6,9,11,13H2,1H3,(H,25,32). The number of carbonyl (C=O) groups excluding carboxylic acids is 3. The smallest absolute Gasteiger partial charge is 0.277 e. The number of rotatable bonds is 0. The Morgan fingerprint density at radius 1 is 1.09 bits per heavy atom. The third-order valence-corrected chi connectivity index (χ3v) is 5.86. The van der Waals surface area contributed by atoms with Crippen molar-refractivity contribution in [2.75, 3.05) is 25.3 Å². The molecule has 10 nitrogen and oxygen atoms in total. The lowest BCUT2D eigenvalue weighted by Crippen LogP contribution is -2.55. The zero-order chi connectivity index (χ0) is 24.4. The van der Waals surface area contributed by atoms with Gasteiger partial charge in [-0.3, -0.25) is 19.2 Å². The number of aromatic nitrogens is 1. The fourth-order valence-corrected chi connectivity index (χ4v) is 3.98. The molecular weight excluding hydrogens is 447 g/mol. The molecule has 0 saturated heterocycles. The number of pyridine rings is 1. The minimum atomic E-state index is -1.03. The van der Waals surface area contributed by atoms with Gasteiger partial charge in [-0.25, -0.2) is 14.1 Å². The molecular formula is C23H25FN4O6. The molecule has 3 amide bonds. The Bertz CT molecular complexity index is 1210. The van der Waals surface area contributed by atoms with E-state index < -0.39 is 34.4 Å². The molecule has 0 unspecified atom stereocenters. The number of halogens is 1. The molecule has 34 heavy (non-hydrogen) atoms. The number of nitrogens with one attached hydrogen (secondary N) is 1. The lowest BCUT2D eigenvalue weighted by atomic mass is 10.1. The Labute approximate surface area is 194 Å². The van der Waals surface area contributed by atoms with E-state index >= 15 is 0 Å². The summed E-state index contributed by atoms with van der Waals surface area (Å²) in [7, 11) is 1.45. The molecule has 2 aliphatic heterocycles. The number of fused-ring (bicyclic) bond motifs is 2. The number of ether oxygens (including phenoxy) is 1. The molecule has 0 aliphatic carbocycles. The van der Waals surface area contributed by atoms with Crippen LogP contribution < -0.4 is 20.5 Å². The van der Waals surface area contributed by atoms with Gasteiger partial charge >= 0.3 is 0 Å². The van der Waals surface area contributed by atoms with Crippen molar-refractivity contribution in [3.63, 3.8) is 0 Å². The molecule has 2 aliphatic rings. The first-order valence-electron chi connectivity index (χ1n) is 11.0. The molecule has 4 rings (SSSR count). The van der Waals surface area contributed by atoms with Gasteiger partial charge in [0.05, 0.1) is 6.61 Å². The van der Waals surface area contributed by atoms with E-state index in [4.69, 9.17) is 4.74 Å². The summed E-state index contributed by atoms with van der Waals surface area (Å²) >= 11 is 0. The highest BCUT2D eigenvalue weighted by molar-refractivity contribution is 6.01. The van der Waals surface area contributed by atoms with E-state index in [-0.39, 0.29) is 37.0 Å². The SMILES string of the molecule is CN1CN2C(=O)CCCCCCOc3cc(F)ccc3CNC(=O)c3cn2c(c(O)c3=O)C1=O. The maximum atomic E-state index is 13.7. The highest BCUT2D eigenvalue weighted by Gasteiger charge is 2.35. The summed E-state index contributed by atoms with van der Waals surface area (Å²) in [5.74, 6) is -2.91. The predicted octanol–water partition coefficient (Wildman–Crippen LogP) is 1.47. The van der Waals surface area contributed by atoms with Gasteiger partial charge in [0.2, 0.25) is 11.3 Å². The second-order valence-electron chi connectivity index (χ2n) is 8.30. The van der Waals surface area contributed by atoms with Crippen LogP contribution in [0.2, 0.25) is 0 Å². The Morgan fingerprint density at radius 3 is 2.65 bits per heavy atom. The van der Waals surface area contributed by atoms with Gasteiger partial charge in [-0.15, -0.1) is 0 Å². The van der Waals surface area contributed by atoms with Crippen molar-refractivity contribution in [1.82, 2.24) is 14.9 Å². The minimum absolute atomic E-state index is 0.0687. The summed E-state index contributed by atoms with van der Waals surface area (Å²) in [5.41, 5.74) is -1.34. The normalized spacial score (nSPS) is 17.5. The predicted molar refractivity (Wildman–Crippen MR) is 119 cm³/mol. The molecule has 0 saturated carbocycles. The van der Waals surface area contributed by atoms with Crippen LogP contribution in [0.25, 0.3) is 0 Å². The number of aromatic hydroxyl groups is 1. The van der Waals surface area contributed by atoms with Gasteiger partial charge in [0.15, 0.2) is 11.4 Å². The van der Waals surface area contributed by atoms with Crippen molar-refractivity contribution in [2.24, 2.45) is 0 Å². The van der Waals surface area contributed by atoms with E-state index in [0.29, 0.717) is 25.0 Å². The number of benzene rings is 1. The van der Waals surface area contributed by atoms with Gasteiger partial charge in [-0.1, -0.05) is 18.9 Å². The van der Waals surface area contributed by atoms with Crippen LogP contribution in [0.1, 0.15) is 58.5 Å². The summed E-state index contributed by atoms with van der Waals surface area (Å²) in [6, 6.07) is 3.95. The van der Waals surface area contributed by atoms with E-state index in [1.165, 1.54) is 35.2 Å². The summed E-state index contributed by atoms with van der Waals surface area (Å²) < 4.78 is 20.5. The largest absolute Gasteiger partial charge is 0.502 e. The highest BCUT2D eigenvalue weighted by atomic mass is 19.1. The molecule has 0 spiro atoms. The monoisotopic (exact) mass is 472 g/mol. The second kappa shape index (κ2) is 9.54. The molecule has 3 heterocycles. The number of nitrogens with zero attached hydrogens (tertiary/aromatic N) is 3. The molecule has 11 heteroatoms. The molecule has 2 bridgehead atoms. The zero-order valence-electron chi connectivity index (χ0n) is 18.7. The minimum Gasteiger partial charge on any atom is -0.502 e. The van der Waals surface area contributed by atoms with Crippen molar-refractivity contribution in [2.45, 2.75) is 38.6 Å². The Hall–Kier alpha value is -3.89. The Balaban J connectivity index is 1.75. The highest BCUT2D eigenvalue weighted by Crippen LogP contribution is 2.23. The van der Waals surface area contributed by atoms with E-state index in [0.717, 1.165) is 23.7 Å². The van der Waals surface area contributed by atoms with Crippen LogP contribution >= 0.6 is 0 Å². The average Bonchev–Trinajstić information content (AvgIpc) is 2.81. The molecule has 0 radical (unpaired) electrons. The first-order valence-corrected chi connectivity index (χ1v) is 11.0. The topological polar surface area (TPSA) is 121 Å². The van der Waals surface area contributed by atoms with Crippen molar-refractivity contribution in [1.29, 1.82) is 0 Å². The van der Waals surface area contributed by atoms with Crippen LogP contribution in [0.4, 0.5) is 4.39 Å². The van der Waals surface area contributed by atoms with Crippen LogP contribution in [-0.4, -0.2) is 52.7 Å². The average molecular weight is 472 g/mol. The summed E-state index contributed by atoms with van der Waals surface area (Å²) in [6.07, 6.45) is 4.08. The summed E-state index contributed by atoms with van der Waals surface area (Å²) in [6.45, 7) is 0.178. The Kier molecular flexibility index (Phi) is 6.53. The zero-order valence-corrected chi connectivity index (χ0v) is 18.7. The van der Waals surface area contributed by atoms with Crippen molar-refractivity contribution < 1.29 is 28.6 Å². The number of hydrogen-bond acceptors (Lipinski definition) is 6. The van der Waals surface area contributed by atoms with Crippen LogP contribution in [0, 0.1) is 5.82 Å². The van der Waals surface area contributed by atoms with E-state index in [9.17, 15) is 28.7 Å².